The molecular formula is C12H17F3N2. The first-order chi connectivity index (χ1) is 7.84. The molecule has 0 aliphatic rings. The van der Waals surface area contributed by atoms with Gasteiger partial charge in [-0.3, -0.25) is 0 Å². The lowest BCUT2D eigenvalue weighted by molar-refractivity contribution is -0.137. The van der Waals surface area contributed by atoms with E-state index in [4.69, 9.17) is 5.73 Å². The van der Waals surface area contributed by atoms with Crippen molar-refractivity contribution in [3.05, 3.63) is 35.4 Å². The Morgan fingerprint density at radius 1 is 1.18 bits per heavy atom. The first-order valence-corrected chi connectivity index (χ1v) is 5.48. The Hall–Kier alpha value is -1.07. The molecule has 0 fully saturated rings. The molecule has 0 heterocycles. The molecule has 0 bridgehead atoms. The van der Waals surface area contributed by atoms with Gasteiger partial charge in [-0.25, -0.2) is 0 Å². The highest BCUT2D eigenvalue weighted by molar-refractivity contribution is 5.26. The summed E-state index contributed by atoms with van der Waals surface area (Å²) in [5.41, 5.74) is 5.66. The van der Waals surface area contributed by atoms with Gasteiger partial charge in [0, 0.05) is 18.6 Å². The Morgan fingerprint density at radius 2 is 1.71 bits per heavy atom. The summed E-state index contributed by atoms with van der Waals surface area (Å²) in [6.45, 7) is 4.32. The van der Waals surface area contributed by atoms with E-state index in [1.807, 2.05) is 13.8 Å². The quantitative estimate of drug-likeness (QED) is 0.857. The minimum absolute atomic E-state index is 0.0177. The molecule has 0 aromatic heterocycles. The normalized spacial score (nSPS) is 15.6. The van der Waals surface area contributed by atoms with Crippen molar-refractivity contribution in [1.82, 2.24) is 5.32 Å². The predicted octanol–water partition coefficient (Wildman–Crippen LogP) is 2.70. The molecule has 0 spiro atoms. The summed E-state index contributed by atoms with van der Waals surface area (Å²) in [6.07, 6.45) is -4.28. The van der Waals surface area contributed by atoms with Crippen molar-refractivity contribution >= 4 is 0 Å². The van der Waals surface area contributed by atoms with Crippen LogP contribution in [0.1, 0.15) is 31.0 Å². The summed E-state index contributed by atoms with van der Waals surface area (Å²) < 4.78 is 37.1. The van der Waals surface area contributed by atoms with E-state index < -0.39 is 11.7 Å². The number of nitrogens with two attached hydrogens (primary N) is 1. The summed E-state index contributed by atoms with van der Waals surface area (Å²) in [5, 5.41) is 3.20. The van der Waals surface area contributed by atoms with Crippen LogP contribution < -0.4 is 11.1 Å². The zero-order valence-electron chi connectivity index (χ0n) is 9.88. The third-order valence-corrected chi connectivity index (χ3v) is 2.63. The molecule has 0 aliphatic carbocycles. The van der Waals surface area contributed by atoms with Crippen LogP contribution in [0.15, 0.2) is 24.3 Å². The van der Waals surface area contributed by atoms with E-state index in [0.717, 1.165) is 17.7 Å². The number of hydrogen-bond acceptors (Lipinski definition) is 2. The number of benzene rings is 1. The first-order valence-electron chi connectivity index (χ1n) is 5.48. The van der Waals surface area contributed by atoms with Gasteiger partial charge in [0.2, 0.25) is 0 Å². The Labute approximate surface area is 99.0 Å². The van der Waals surface area contributed by atoms with Gasteiger partial charge in [0.15, 0.2) is 0 Å². The highest BCUT2D eigenvalue weighted by Gasteiger charge is 2.30. The zero-order valence-corrected chi connectivity index (χ0v) is 9.88. The third-order valence-electron chi connectivity index (χ3n) is 2.63. The fourth-order valence-corrected chi connectivity index (χ4v) is 1.55. The molecule has 96 valence electrons. The molecule has 0 aliphatic heterocycles. The molecule has 2 nitrogen and oxygen atoms in total. The molecule has 2 unspecified atom stereocenters. The molecule has 1 aromatic carbocycles. The van der Waals surface area contributed by atoms with E-state index in [2.05, 4.69) is 5.32 Å². The summed E-state index contributed by atoms with van der Waals surface area (Å²) in [4.78, 5) is 0. The second-order valence-electron chi connectivity index (χ2n) is 4.14. The summed E-state index contributed by atoms with van der Waals surface area (Å²) in [7, 11) is 0. The summed E-state index contributed by atoms with van der Waals surface area (Å²) >= 11 is 0. The van der Waals surface area contributed by atoms with E-state index in [1.54, 1.807) is 0 Å². The standard InChI is InChI=1S/C12H17F3N2/c1-8(7-16)17-9(2)10-3-5-11(6-4-10)12(13,14)15/h3-6,8-9,17H,7,16H2,1-2H3. The van der Waals surface area contributed by atoms with Crippen LogP contribution in [0, 0.1) is 0 Å². The van der Waals surface area contributed by atoms with Crippen LogP contribution >= 0.6 is 0 Å². The van der Waals surface area contributed by atoms with Crippen LogP contribution in [-0.2, 0) is 6.18 Å². The van der Waals surface area contributed by atoms with Crippen LogP contribution in [0.5, 0.6) is 0 Å². The predicted molar refractivity (Wildman–Crippen MR) is 61.5 cm³/mol. The number of hydrogen-bond donors (Lipinski definition) is 2. The molecule has 0 amide bonds. The van der Waals surface area contributed by atoms with Gasteiger partial charge in [0.1, 0.15) is 0 Å². The van der Waals surface area contributed by atoms with Crippen LogP contribution in [0.25, 0.3) is 0 Å². The van der Waals surface area contributed by atoms with Gasteiger partial charge in [-0.05, 0) is 31.5 Å². The molecule has 0 saturated carbocycles. The first kappa shape index (κ1) is 14.0. The van der Waals surface area contributed by atoms with Crippen LogP contribution in [0.2, 0.25) is 0 Å². The molecule has 3 N–H and O–H groups in total. The van der Waals surface area contributed by atoms with E-state index in [0.29, 0.717) is 6.54 Å². The van der Waals surface area contributed by atoms with Crippen molar-refractivity contribution in [2.75, 3.05) is 6.54 Å². The number of halogens is 3. The molecule has 0 saturated heterocycles. The summed E-state index contributed by atoms with van der Waals surface area (Å²) in [6, 6.07) is 5.29. The molecule has 1 rings (SSSR count). The maximum absolute atomic E-state index is 12.4. The average molecular weight is 246 g/mol. The highest BCUT2D eigenvalue weighted by atomic mass is 19.4. The van der Waals surface area contributed by atoms with Gasteiger partial charge in [0.05, 0.1) is 5.56 Å². The Kier molecular flexibility index (Phi) is 4.54. The minimum atomic E-state index is -4.28. The van der Waals surface area contributed by atoms with Crippen molar-refractivity contribution in [2.24, 2.45) is 5.73 Å². The maximum atomic E-state index is 12.4. The molecular weight excluding hydrogens is 229 g/mol. The monoisotopic (exact) mass is 246 g/mol. The van der Waals surface area contributed by atoms with Gasteiger partial charge in [-0.1, -0.05) is 12.1 Å². The largest absolute Gasteiger partial charge is 0.416 e. The average Bonchev–Trinajstić information content (AvgIpc) is 2.27. The number of nitrogens with one attached hydrogen (secondary N) is 1. The maximum Gasteiger partial charge on any atom is 0.416 e. The van der Waals surface area contributed by atoms with Crippen LogP contribution in [-0.4, -0.2) is 12.6 Å². The van der Waals surface area contributed by atoms with Crippen molar-refractivity contribution in [2.45, 2.75) is 32.1 Å². The lowest BCUT2D eigenvalue weighted by Crippen LogP contribution is -2.35. The summed E-state index contributed by atoms with van der Waals surface area (Å²) in [5.74, 6) is 0. The SMILES string of the molecule is CC(CN)NC(C)c1ccc(C(F)(F)F)cc1. The van der Waals surface area contributed by atoms with Crippen molar-refractivity contribution < 1.29 is 13.2 Å². The van der Waals surface area contributed by atoms with Crippen molar-refractivity contribution in [3.63, 3.8) is 0 Å². The highest BCUT2D eigenvalue weighted by Crippen LogP contribution is 2.29. The fourth-order valence-electron chi connectivity index (χ4n) is 1.55. The molecule has 5 heteroatoms. The second-order valence-corrected chi connectivity index (χ2v) is 4.14. The molecule has 1 aromatic rings. The molecule has 2 atom stereocenters. The van der Waals surface area contributed by atoms with Gasteiger partial charge >= 0.3 is 6.18 Å². The van der Waals surface area contributed by atoms with Gasteiger partial charge < -0.3 is 11.1 Å². The Morgan fingerprint density at radius 3 is 2.12 bits per heavy atom. The van der Waals surface area contributed by atoms with E-state index >= 15 is 0 Å². The number of rotatable bonds is 4. The zero-order chi connectivity index (χ0) is 13.1. The minimum Gasteiger partial charge on any atom is -0.329 e. The van der Waals surface area contributed by atoms with Crippen LogP contribution in [0.3, 0.4) is 0 Å². The van der Waals surface area contributed by atoms with Crippen molar-refractivity contribution in [3.8, 4) is 0 Å². The fraction of sp³-hybridized carbons (Fsp3) is 0.500. The molecule has 0 radical (unpaired) electrons. The van der Waals surface area contributed by atoms with E-state index in [9.17, 15) is 13.2 Å². The second kappa shape index (κ2) is 5.51. The Bertz CT molecular complexity index is 346. The smallest absolute Gasteiger partial charge is 0.329 e. The van der Waals surface area contributed by atoms with Gasteiger partial charge in [-0.2, -0.15) is 13.2 Å². The van der Waals surface area contributed by atoms with Gasteiger partial charge in [0.25, 0.3) is 0 Å². The lowest BCUT2D eigenvalue weighted by Gasteiger charge is -2.19. The van der Waals surface area contributed by atoms with Crippen molar-refractivity contribution in [1.29, 1.82) is 0 Å². The topological polar surface area (TPSA) is 38.0 Å². The lowest BCUT2D eigenvalue weighted by atomic mass is 10.1. The number of alkyl halides is 3. The van der Waals surface area contributed by atoms with Crippen LogP contribution in [0.4, 0.5) is 13.2 Å². The Balaban J connectivity index is 2.74. The van der Waals surface area contributed by atoms with Gasteiger partial charge in [-0.15, -0.1) is 0 Å². The van der Waals surface area contributed by atoms with E-state index in [-0.39, 0.29) is 12.1 Å². The molecule has 17 heavy (non-hydrogen) atoms. The third kappa shape index (κ3) is 4.02. The van der Waals surface area contributed by atoms with E-state index in [1.165, 1.54) is 12.1 Å².